The number of rotatable bonds is 5. The van der Waals surface area contributed by atoms with Crippen LogP contribution in [0.3, 0.4) is 0 Å². The first-order chi connectivity index (χ1) is 21.8. The Kier molecular flexibility index (Phi) is 7.09. The van der Waals surface area contributed by atoms with E-state index >= 15 is 0 Å². The van der Waals surface area contributed by atoms with Crippen molar-refractivity contribution >= 4 is 54.5 Å². The molecule has 0 amide bonds. The number of nitrogens with zero attached hydrogens (tertiary/aromatic N) is 3. The van der Waals surface area contributed by atoms with Crippen molar-refractivity contribution in [2.75, 3.05) is 0 Å². The lowest BCUT2D eigenvalue weighted by molar-refractivity contribution is -0.633. The second-order valence-electron chi connectivity index (χ2n) is 13.3. The molecule has 0 fully saturated rings. The van der Waals surface area contributed by atoms with Gasteiger partial charge in [0.1, 0.15) is 11.3 Å². The van der Waals surface area contributed by atoms with Crippen LogP contribution in [0.25, 0.3) is 60.3 Å². The van der Waals surface area contributed by atoms with Crippen LogP contribution in [0.2, 0.25) is 0 Å². The second kappa shape index (κ2) is 10.7. The fraction of sp³-hybridized carbons (Fsp3) is 0.316. The molecule has 0 unspecified atom stereocenters. The van der Waals surface area contributed by atoms with E-state index in [-0.39, 0.29) is 17.4 Å². The number of benzene rings is 4. The first-order valence-electron chi connectivity index (χ1n) is 15.8. The van der Waals surface area contributed by atoms with Gasteiger partial charge in [-0.2, -0.15) is 17.7 Å². The highest BCUT2D eigenvalue weighted by molar-refractivity contribution is 7.19. The Bertz CT molecular complexity index is 2290. The van der Waals surface area contributed by atoms with Gasteiger partial charge in [-0.3, -0.25) is 0 Å². The van der Waals surface area contributed by atoms with Gasteiger partial charge in [0.05, 0.1) is 17.3 Å². The summed E-state index contributed by atoms with van der Waals surface area (Å²) in [6.07, 6.45) is -4.52. The lowest BCUT2D eigenvalue weighted by Crippen LogP contribution is -2.30. The predicted molar refractivity (Wildman–Crippen MR) is 182 cm³/mol. The topological polar surface area (TPSA) is 34.8 Å². The second-order valence-corrected chi connectivity index (χ2v) is 14.3. The third kappa shape index (κ3) is 4.55. The molecule has 4 nitrogen and oxygen atoms in total. The summed E-state index contributed by atoms with van der Waals surface area (Å²) in [5.41, 5.74) is 10.5. The van der Waals surface area contributed by atoms with Crippen LogP contribution in [-0.4, -0.2) is 9.55 Å². The molecule has 0 aliphatic carbocycles. The van der Waals surface area contributed by atoms with E-state index in [9.17, 15) is 13.2 Å². The van der Waals surface area contributed by atoms with Crippen molar-refractivity contribution in [2.45, 2.75) is 72.4 Å². The quantitative estimate of drug-likeness (QED) is 0.176. The van der Waals surface area contributed by atoms with Crippen molar-refractivity contribution in [1.82, 2.24) is 9.55 Å². The molecule has 7 rings (SSSR count). The minimum absolute atomic E-state index is 0.260. The molecule has 0 spiro atoms. The van der Waals surface area contributed by atoms with Crippen LogP contribution in [-0.2, 0) is 13.2 Å². The number of aryl methyl sites for hydroxylation is 2. The molecule has 0 atom stereocenters. The average molecular weight is 641 g/mol. The average Bonchev–Trinajstić information content (AvgIpc) is 3.68. The number of hydrogen-bond acceptors (Lipinski definition) is 3. The molecule has 3 heterocycles. The van der Waals surface area contributed by atoms with E-state index in [0.29, 0.717) is 33.1 Å². The molecule has 3 aromatic heterocycles. The Labute approximate surface area is 270 Å². The standard InChI is InChI=1S/C38H37F3N3OS/c1-19(2)23-17-26(20(3)4)32(27(18-23)21(5)6)44-30-12-10-9-11-29(30)43(8)36(44)31-22(7)13-14-24-25-15-16-28-35(34(25)45-33(24)31)46-37(42-28)38(39,40)41/h9-21H,1-8H3/q+1. The van der Waals surface area contributed by atoms with Gasteiger partial charge in [-0.1, -0.05) is 77.9 Å². The smallest absolute Gasteiger partial charge is 0.443 e. The maximum absolute atomic E-state index is 13.7. The molecule has 0 saturated heterocycles. The monoisotopic (exact) mass is 640 g/mol. The number of halogens is 3. The van der Waals surface area contributed by atoms with Gasteiger partial charge < -0.3 is 4.42 Å². The van der Waals surface area contributed by atoms with Crippen molar-refractivity contribution < 1.29 is 22.2 Å². The number of imidazole rings is 1. The molecular weight excluding hydrogens is 603 g/mol. The Morgan fingerprint density at radius 1 is 0.826 bits per heavy atom. The number of furan rings is 1. The molecule has 0 N–H and O–H groups in total. The Morgan fingerprint density at radius 2 is 1.46 bits per heavy atom. The fourth-order valence-corrected chi connectivity index (χ4v) is 7.69. The van der Waals surface area contributed by atoms with Crippen LogP contribution in [0.4, 0.5) is 13.2 Å². The molecule has 7 aromatic rings. The third-order valence-corrected chi connectivity index (χ3v) is 10.3. The zero-order valence-electron chi connectivity index (χ0n) is 27.3. The van der Waals surface area contributed by atoms with Crippen molar-refractivity contribution in [3.05, 3.63) is 87.9 Å². The SMILES string of the molecule is Cc1ccc2c(oc3c2ccc2nc(C(F)(F)F)sc23)c1-c1n(-c2c(C(C)C)cc(C(C)C)cc2C(C)C)c2ccccc2[n+]1C. The summed E-state index contributed by atoms with van der Waals surface area (Å²) < 4.78 is 52.7. The number of para-hydroxylation sites is 2. The molecule has 4 aromatic carbocycles. The number of hydrogen-bond donors (Lipinski definition) is 0. The summed E-state index contributed by atoms with van der Waals surface area (Å²) in [6.45, 7) is 15.5. The van der Waals surface area contributed by atoms with E-state index in [1.165, 1.54) is 22.4 Å². The van der Waals surface area contributed by atoms with Gasteiger partial charge in [-0.25, -0.2) is 9.55 Å². The molecule has 0 saturated carbocycles. The van der Waals surface area contributed by atoms with E-state index in [2.05, 4.69) is 112 Å². The lowest BCUT2D eigenvalue weighted by Gasteiger charge is -2.21. The molecule has 46 heavy (non-hydrogen) atoms. The van der Waals surface area contributed by atoms with E-state index in [1.54, 1.807) is 6.07 Å². The van der Waals surface area contributed by atoms with E-state index in [4.69, 9.17) is 4.42 Å². The summed E-state index contributed by atoms with van der Waals surface area (Å²) in [5.74, 6) is 1.86. The first-order valence-corrected chi connectivity index (χ1v) is 16.6. The number of aromatic nitrogens is 3. The summed E-state index contributed by atoms with van der Waals surface area (Å²) in [7, 11) is 2.08. The van der Waals surface area contributed by atoms with Crippen LogP contribution in [0.1, 0.15) is 86.6 Å². The van der Waals surface area contributed by atoms with Gasteiger partial charge in [0.2, 0.25) is 0 Å². The maximum Gasteiger partial charge on any atom is 0.443 e. The van der Waals surface area contributed by atoms with Gasteiger partial charge >= 0.3 is 6.18 Å². The Morgan fingerprint density at radius 3 is 2.09 bits per heavy atom. The normalized spacial score (nSPS) is 12.8. The first kappa shape index (κ1) is 30.5. The van der Waals surface area contributed by atoms with E-state index in [1.807, 2.05) is 12.1 Å². The number of thiazole rings is 1. The summed E-state index contributed by atoms with van der Waals surface area (Å²) >= 11 is 0.635. The van der Waals surface area contributed by atoms with E-state index < -0.39 is 11.2 Å². The van der Waals surface area contributed by atoms with Crippen LogP contribution in [0.15, 0.2) is 65.1 Å². The predicted octanol–water partition coefficient (Wildman–Crippen LogP) is 11.3. The summed E-state index contributed by atoms with van der Waals surface area (Å²) in [4.78, 5) is 3.90. The molecule has 0 aliphatic rings. The van der Waals surface area contributed by atoms with Gasteiger partial charge in [0.25, 0.3) is 5.82 Å². The van der Waals surface area contributed by atoms with Gasteiger partial charge in [-0.05, 0) is 60.1 Å². The molecule has 0 bridgehead atoms. The van der Waals surface area contributed by atoms with Crippen LogP contribution in [0.5, 0.6) is 0 Å². The van der Waals surface area contributed by atoms with Crippen molar-refractivity contribution in [2.24, 2.45) is 7.05 Å². The van der Waals surface area contributed by atoms with Gasteiger partial charge in [-0.15, -0.1) is 11.3 Å². The van der Waals surface area contributed by atoms with Crippen LogP contribution in [0, 0.1) is 6.92 Å². The largest absolute Gasteiger partial charge is 0.454 e. The van der Waals surface area contributed by atoms with Gasteiger partial charge in [0.15, 0.2) is 27.2 Å². The molecule has 0 radical (unpaired) electrons. The van der Waals surface area contributed by atoms with Gasteiger partial charge in [0, 0.05) is 21.9 Å². The van der Waals surface area contributed by atoms with E-state index in [0.717, 1.165) is 38.8 Å². The number of alkyl halides is 3. The van der Waals surface area contributed by atoms with Crippen molar-refractivity contribution in [3.63, 3.8) is 0 Å². The minimum Gasteiger partial charge on any atom is -0.454 e. The molecule has 8 heteroatoms. The zero-order chi connectivity index (χ0) is 32.8. The third-order valence-electron chi connectivity index (χ3n) is 9.18. The zero-order valence-corrected chi connectivity index (χ0v) is 28.1. The lowest BCUT2D eigenvalue weighted by atomic mass is 9.87. The van der Waals surface area contributed by atoms with Crippen LogP contribution >= 0.6 is 11.3 Å². The number of fused-ring (bicyclic) bond motifs is 6. The maximum atomic E-state index is 13.7. The summed E-state index contributed by atoms with van der Waals surface area (Å²) in [5, 5.41) is 0.767. The molecule has 236 valence electrons. The fourth-order valence-electron chi connectivity index (χ4n) is 6.78. The van der Waals surface area contributed by atoms with Crippen LogP contribution < -0.4 is 4.57 Å². The van der Waals surface area contributed by atoms with Crippen molar-refractivity contribution in [1.29, 1.82) is 0 Å². The molecule has 0 aliphatic heterocycles. The highest BCUT2D eigenvalue weighted by Gasteiger charge is 2.37. The summed E-state index contributed by atoms with van der Waals surface area (Å²) in [6, 6.07) is 20.7. The van der Waals surface area contributed by atoms with Crippen molar-refractivity contribution in [3.8, 4) is 17.1 Å². The molecular formula is C38H37F3N3OS+. The Hall–Kier alpha value is -4.17. The highest BCUT2D eigenvalue weighted by atomic mass is 32.1. The highest BCUT2D eigenvalue weighted by Crippen LogP contribution is 2.45. The Balaban J connectivity index is 1.64. The minimum atomic E-state index is -4.52.